The van der Waals surface area contributed by atoms with Crippen LogP contribution in [0.1, 0.15) is 10.4 Å². The average Bonchev–Trinajstić information content (AvgIpc) is 2.48. The molecule has 110 valence electrons. The van der Waals surface area contributed by atoms with Crippen molar-refractivity contribution in [2.24, 2.45) is 0 Å². The van der Waals surface area contributed by atoms with Crippen molar-refractivity contribution < 1.29 is 29.6 Å². The molecule has 0 bridgehead atoms. The van der Waals surface area contributed by atoms with Gasteiger partial charge in [0.05, 0.1) is 12.2 Å². The zero-order valence-corrected chi connectivity index (χ0v) is 11.4. The summed E-state index contributed by atoms with van der Waals surface area (Å²) < 4.78 is 10.3. The molecule has 5 atom stereocenters. The molecule has 1 aromatic rings. The molecule has 2 rings (SSSR count). The number of thiol groups is 1. The molecule has 0 amide bonds. The molecule has 20 heavy (non-hydrogen) atoms. The maximum absolute atomic E-state index is 11.9. The first kappa shape index (κ1) is 15.3. The molecule has 0 saturated carbocycles. The summed E-state index contributed by atoms with van der Waals surface area (Å²) in [6.07, 6.45) is -4.81. The molecule has 0 aliphatic carbocycles. The number of aliphatic hydroxyl groups is 3. The molecule has 1 saturated heterocycles. The Morgan fingerprint density at radius 2 is 1.90 bits per heavy atom. The fraction of sp³-hybridized carbons (Fsp3) is 0.462. The standard InChI is InChI=1S/C13H16O6S/c14-6-8-9(15)10(16)11(13(20)18-8)19-12(17)7-4-2-1-3-5-7/h1-5,8-11,13-16,20H,6H2/t8-,9-,10+,11-,13?/m1/s1. The summed E-state index contributed by atoms with van der Waals surface area (Å²) in [5.74, 6) is -0.646. The molecule has 1 unspecified atom stereocenters. The van der Waals surface area contributed by atoms with E-state index in [2.05, 4.69) is 12.6 Å². The predicted octanol–water partition coefficient (Wildman–Crippen LogP) is -0.419. The van der Waals surface area contributed by atoms with E-state index < -0.39 is 42.4 Å². The monoisotopic (exact) mass is 300 g/mol. The number of ether oxygens (including phenoxy) is 2. The highest BCUT2D eigenvalue weighted by Crippen LogP contribution is 2.26. The van der Waals surface area contributed by atoms with Crippen LogP contribution in [0.3, 0.4) is 0 Å². The van der Waals surface area contributed by atoms with Crippen molar-refractivity contribution in [1.82, 2.24) is 0 Å². The first-order chi connectivity index (χ1) is 9.54. The lowest BCUT2D eigenvalue weighted by Gasteiger charge is -2.39. The van der Waals surface area contributed by atoms with Crippen LogP contribution in [0, 0.1) is 0 Å². The van der Waals surface area contributed by atoms with Gasteiger partial charge in [0.25, 0.3) is 0 Å². The van der Waals surface area contributed by atoms with Gasteiger partial charge in [-0.15, -0.1) is 12.6 Å². The van der Waals surface area contributed by atoms with E-state index in [4.69, 9.17) is 14.6 Å². The Hall–Kier alpha value is -1.12. The van der Waals surface area contributed by atoms with Crippen LogP contribution in [-0.2, 0) is 9.47 Å². The molecule has 1 aromatic carbocycles. The van der Waals surface area contributed by atoms with Crippen LogP contribution in [0.25, 0.3) is 0 Å². The highest BCUT2D eigenvalue weighted by atomic mass is 32.1. The predicted molar refractivity (Wildman–Crippen MR) is 72.4 cm³/mol. The molecule has 0 aromatic heterocycles. The number of carbonyl (C=O) groups excluding carboxylic acids is 1. The molecule has 1 heterocycles. The van der Waals surface area contributed by atoms with E-state index in [9.17, 15) is 15.0 Å². The van der Waals surface area contributed by atoms with Crippen molar-refractivity contribution in [2.45, 2.75) is 29.9 Å². The molecule has 7 heteroatoms. The number of hydrogen-bond acceptors (Lipinski definition) is 7. The number of hydrogen-bond donors (Lipinski definition) is 4. The summed E-state index contributed by atoms with van der Waals surface area (Å²) in [7, 11) is 0. The maximum atomic E-state index is 11.9. The lowest BCUT2D eigenvalue weighted by Crippen LogP contribution is -2.58. The van der Waals surface area contributed by atoms with Crippen molar-refractivity contribution in [3.05, 3.63) is 35.9 Å². The van der Waals surface area contributed by atoms with Crippen molar-refractivity contribution in [2.75, 3.05) is 6.61 Å². The summed E-state index contributed by atoms with van der Waals surface area (Å²) in [5.41, 5.74) is -0.614. The van der Waals surface area contributed by atoms with Gasteiger partial charge in [-0.2, -0.15) is 0 Å². The highest BCUT2D eigenvalue weighted by Gasteiger charge is 2.45. The van der Waals surface area contributed by atoms with Gasteiger partial charge in [0.1, 0.15) is 23.7 Å². The quantitative estimate of drug-likeness (QED) is 0.447. The van der Waals surface area contributed by atoms with E-state index in [0.717, 1.165) is 0 Å². The summed E-state index contributed by atoms with van der Waals surface area (Å²) >= 11 is 4.07. The third kappa shape index (κ3) is 3.13. The topological polar surface area (TPSA) is 96.2 Å². The van der Waals surface area contributed by atoms with Gasteiger partial charge < -0.3 is 24.8 Å². The SMILES string of the molecule is O=C(O[C@H]1C(S)O[C@H](CO)[C@@H](O)[C@@H]1O)c1ccccc1. The summed E-state index contributed by atoms with van der Waals surface area (Å²) in [6.45, 7) is -0.464. The molecule has 3 N–H and O–H groups in total. The zero-order chi connectivity index (χ0) is 14.7. The van der Waals surface area contributed by atoms with Gasteiger partial charge in [0, 0.05) is 0 Å². The van der Waals surface area contributed by atoms with E-state index in [1.807, 2.05) is 0 Å². The molecular weight excluding hydrogens is 284 g/mol. The van der Waals surface area contributed by atoms with E-state index in [1.165, 1.54) is 0 Å². The lowest BCUT2D eigenvalue weighted by molar-refractivity contribution is -0.205. The van der Waals surface area contributed by atoms with Crippen molar-refractivity contribution in [1.29, 1.82) is 0 Å². The smallest absolute Gasteiger partial charge is 0.338 e. The van der Waals surface area contributed by atoms with Gasteiger partial charge in [0.15, 0.2) is 6.10 Å². The maximum Gasteiger partial charge on any atom is 0.338 e. The van der Waals surface area contributed by atoms with Gasteiger partial charge in [0.2, 0.25) is 0 Å². The first-order valence-corrected chi connectivity index (χ1v) is 6.62. The van der Waals surface area contributed by atoms with Crippen LogP contribution in [-0.4, -0.2) is 57.7 Å². The minimum atomic E-state index is -1.38. The number of esters is 1. The van der Waals surface area contributed by atoms with E-state index >= 15 is 0 Å². The van der Waals surface area contributed by atoms with Crippen LogP contribution in [0.5, 0.6) is 0 Å². The second-order valence-electron chi connectivity index (χ2n) is 4.46. The third-order valence-corrected chi connectivity index (χ3v) is 3.51. The first-order valence-electron chi connectivity index (χ1n) is 6.11. The molecule has 0 radical (unpaired) electrons. The Kier molecular flexibility index (Phi) is 5.00. The normalized spacial score (nSPS) is 33.7. The Labute approximate surface area is 121 Å². The molecule has 1 fully saturated rings. The van der Waals surface area contributed by atoms with Gasteiger partial charge in [-0.1, -0.05) is 18.2 Å². The second-order valence-corrected chi connectivity index (χ2v) is 4.97. The number of carbonyl (C=O) groups is 1. The third-order valence-electron chi connectivity index (χ3n) is 3.10. The van der Waals surface area contributed by atoms with Crippen LogP contribution in [0.4, 0.5) is 0 Å². The summed E-state index contributed by atoms with van der Waals surface area (Å²) in [4.78, 5) is 11.9. The fourth-order valence-corrected chi connectivity index (χ4v) is 2.36. The van der Waals surface area contributed by atoms with Crippen LogP contribution in [0.2, 0.25) is 0 Å². The Morgan fingerprint density at radius 1 is 1.25 bits per heavy atom. The van der Waals surface area contributed by atoms with Gasteiger partial charge in [-0.25, -0.2) is 4.79 Å². The summed E-state index contributed by atoms with van der Waals surface area (Å²) in [5, 5.41) is 28.7. The van der Waals surface area contributed by atoms with Crippen molar-refractivity contribution in [3.63, 3.8) is 0 Å². The molecule has 1 aliphatic rings. The van der Waals surface area contributed by atoms with E-state index in [-0.39, 0.29) is 0 Å². The highest BCUT2D eigenvalue weighted by molar-refractivity contribution is 7.80. The van der Waals surface area contributed by atoms with Crippen LogP contribution >= 0.6 is 12.6 Å². The van der Waals surface area contributed by atoms with Gasteiger partial charge >= 0.3 is 5.97 Å². The summed E-state index contributed by atoms with van der Waals surface area (Å²) in [6, 6.07) is 8.25. The Balaban J connectivity index is 2.07. The largest absolute Gasteiger partial charge is 0.452 e. The Morgan fingerprint density at radius 3 is 2.50 bits per heavy atom. The minimum absolute atomic E-state index is 0.319. The van der Waals surface area contributed by atoms with Crippen LogP contribution in [0.15, 0.2) is 30.3 Å². The van der Waals surface area contributed by atoms with Crippen molar-refractivity contribution in [3.8, 4) is 0 Å². The lowest BCUT2D eigenvalue weighted by atomic mass is 10.00. The minimum Gasteiger partial charge on any atom is -0.452 e. The Bertz CT molecular complexity index is 453. The number of aliphatic hydroxyl groups excluding tert-OH is 3. The fourth-order valence-electron chi connectivity index (χ4n) is 1.96. The van der Waals surface area contributed by atoms with Crippen molar-refractivity contribution >= 4 is 18.6 Å². The average molecular weight is 300 g/mol. The second kappa shape index (κ2) is 6.55. The molecule has 6 nitrogen and oxygen atoms in total. The van der Waals surface area contributed by atoms with E-state index in [0.29, 0.717) is 5.56 Å². The van der Waals surface area contributed by atoms with Gasteiger partial charge in [-0.05, 0) is 12.1 Å². The number of rotatable bonds is 3. The molecular formula is C13H16O6S. The van der Waals surface area contributed by atoms with E-state index in [1.54, 1.807) is 30.3 Å². The van der Waals surface area contributed by atoms with Gasteiger partial charge in [-0.3, -0.25) is 0 Å². The zero-order valence-electron chi connectivity index (χ0n) is 10.5. The van der Waals surface area contributed by atoms with Crippen LogP contribution < -0.4 is 0 Å². The molecule has 1 aliphatic heterocycles. The number of benzene rings is 1. The molecule has 0 spiro atoms.